The largest absolute Gasteiger partial charge is 0.415 e. The van der Waals surface area contributed by atoms with Gasteiger partial charge in [0.25, 0.3) is 5.89 Å². The van der Waals surface area contributed by atoms with Gasteiger partial charge in [-0.1, -0.05) is 6.07 Å². The van der Waals surface area contributed by atoms with Crippen LogP contribution in [0, 0.1) is 0 Å². The summed E-state index contributed by atoms with van der Waals surface area (Å²) in [6.45, 7) is 0.436. The lowest BCUT2D eigenvalue weighted by atomic mass is 10.1. The number of halogens is 2. The monoisotopic (exact) mass is 422 g/mol. The molecular formula is C20H16F2N8O. The highest BCUT2D eigenvalue weighted by Crippen LogP contribution is 2.25. The van der Waals surface area contributed by atoms with E-state index >= 15 is 0 Å². The minimum atomic E-state index is -2.81. The van der Waals surface area contributed by atoms with E-state index in [-0.39, 0.29) is 5.89 Å². The van der Waals surface area contributed by atoms with Crippen LogP contribution in [-0.4, -0.2) is 34.5 Å². The quantitative estimate of drug-likeness (QED) is 0.461. The molecule has 5 aromatic rings. The molecule has 4 aromatic heterocycles. The number of pyridine rings is 1. The van der Waals surface area contributed by atoms with E-state index < -0.39 is 12.3 Å². The van der Waals surface area contributed by atoms with Crippen molar-refractivity contribution in [1.82, 2.24) is 34.5 Å². The van der Waals surface area contributed by atoms with Crippen molar-refractivity contribution in [1.29, 1.82) is 0 Å². The molecule has 31 heavy (non-hydrogen) atoms. The Kier molecular flexibility index (Phi) is 4.42. The lowest BCUT2D eigenvalue weighted by Gasteiger charge is -2.02. The van der Waals surface area contributed by atoms with Crippen LogP contribution in [0.15, 0.2) is 53.3 Å². The molecule has 1 aromatic carbocycles. The molecule has 0 fully saturated rings. The second-order valence-corrected chi connectivity index (χ2v) is 6.94. The van der Waals surface area contributed by atoms with Crippen molar-refractivity contribution in [2.24, 2.45) is 7.05 Å². The Morgan fingerprint density at radius 1 is 1.06 bits per heavy atom. The fourth-order valence-electron chi connectivity index (χ4n) is 3.25. The molecule has 0 unspecified atom stereocenters. The summed E-state index contributed by atoms with van der Waals surface area (Å²) in [5, 5.41) is 11.3. The van der Waals surface area contributed by atoms with Crippen molar-refractivity contribution in [3.63, 3.8) is 0 Å². The molecule has 11 heteroatoms. The summed E-state index contributed by atoms with van der Waals surface area (Å²) in [6, 6.07) is 9.39. The third kappa shape index (κ3) is 3.50. The zero-order valence-electron chi connectivity index (χ0n) is 16.3. The lowest BCUT2D eigenvalue weighted by Crippen LogP contribution is -2.01. The molecule has 0 aliphatic carbocycles. The van der Waals surface area contributed by atoms with E-state index in [9.17, 15) is 8.78 Å². The van der Waals surface area contributed by atoms with Crippen molar-refractivity contribution in [3.05, 3.63) is 60.5 Å². The maximum Gasteiger partial charge on any atom is 0.314 e. The number of benzene rings is 1. The number of aromatic nitrogens is 7. The summed E-state index contributed by atoms with van der Waals surface area (Å²) in [5.74, 6) is -0.251. The number of fused-ring (bicyclic) bond motifs is 1. The Balaban J connectivity index is 1.33. The van der Waals surface area contributed by atoms with Crippen LogP contribution in [0.1, 0.15) is 18.0 Å². The highest BCUT2D eigenvalue weighted by Gasteiger charge is 2.17. The van der Waals surface area contributed by atoms with Crippen LogP contribution in [0.25, 0.3) is 33.6 Å². The first kappa shape index (κ1) is 18.9. The Bertz CT molecular complexity index is 1370. The third-order valence-electron chi connectivity index (χ3n) is 4.90. The van der Waals surface area contributed by atoms with E-state index in [0.717, 1.165) is 27.9 Å². The smallest absolute Gasteiger partial charge is 0.314 e. The van der Waals surface area contributed by atoms with Crippen LogP contribution in [0.5, 0.6) is 0 Å². The second-order valence-electron chi connectivity index (χ2n) is 6.94. The number of aryl methyl sites for hydroxylation is 1. The number of nitrogen functional groups attached to an aromatic ring is 1. The molecule has 0 bridgehead atoms. The fraction of sp³-hybridized carbons (Fsp3) is 0.150. The summed E-state index contributed by atoms with van der Waals surface area (Å²) in [5.41, 5.74) is 10.8. The van der Waals surface area contributed by atoms with Gasteiger partial charge in [0.15, 0.2) is 0 Å². The average Bonchev–Trinajstić information content (AvgIpc) is 3.49. The number of hydrogen-bond donors (Lipinski definition) is 1. The summed E-state index contributed by atoms with van der Waals surface area (Å²) in [7, 11) is 1.87. The predicted octanol–water partition coefficient (Wildman–Crippen LogP) is 3.45. The van der Waals surface area contributed by atoms with E-state index in [1.54, 1.807) is 23.0 Å². The van der Waals surface area contributed by atoms with Crippen LogP contribution >= 0.6 is 0 Å². The van der Waals surface area contributed by atoms with Gasteiger partial charge in [-0.2, -0.15) is 13.9 Å². The van der Waals surface area contributed by atoms with Gasteiger partial charge in [-0.05, 0) is 29.8 Å². The van der Waals surface area contributed by atoms with Crippen molar-refractivity contribution < 1.29 is 13.2 Å². The number of nitrogens with zero attached hydrogens (tertiary/aromatic N) is 7. The molecule has 9 nitrogen and oxygen atoms in total. The number of imidazole rings is 1. The van der Waals surface area contributed by atoms with Crippen molar-refractivity contribution in [2.45, 2.75) is 13.0 Å². The molecule has 0 saturated carbocycles. The van der Waals surface area contributed by atoms with Crippen molar-refractivity contribution in [2.75, 3.05) is 5.73 Å². The molecule has 2 N–H and O–H groups in total. The van der Waals surface area contributed by atoms with E-state index in [0.29, 0.717) is 18.1 Å². The Morgan fingerprint density at radius 2 is 1.90 bits per heavy atom. The summed E-state index contributed by atoms with van der Waals surface area (Å²) >= 11 is 0. The molecule has 0 aliphatic heterocycles. The standard InChI is InChI=1S/C20H16F2N8O/c1-29-16-5-3-11(6-15(16)26-20(29)23)13-8-25-30(9-13)10-14-4-2-12(7-24-14)18-27-28-19(31-18)17(21)22/h2-9,17H,10H2,1H3,(H2,23,26). The first-order valence-corrected chi connectivity index (χ1v) is 9.29. The highest BCUT2D eigenvalue weighted by molar-refractivity contribution is 5.83. The highest BCUT2D eigenvalue weighted by atomic mass is 19.3. The van der Waals surface area contributed by atoms with Gasteiger partial charge in [0.1, 0.15) is 0 Å². The topological polar surface area (TPSA) is 113 Å². The molecule has 0 aliphatic rings. The van der Waals surface area contributed by atoms with E-state index in [1.165, 1.54) is 6.20 Å². The van der Waals surface area contributed by atoms with Gasteiger partial charge >= 0.3 is 6.43 Å². The summed E-state index contributed by atoms with van der Waals surface area (Å²) in [6.07, 6.45) is 2.38. The van der Waals surface area contributed by atoms with Crippen molar-refractivity contribution in [3.8, 4) is 22.6 Å². The molecule has 0 spiro atoms. The van der Waals surface area contributed by atoms with Gasteiger partial charge in [-0.25, -0.2) is 4.98 Å². The number of rotatable bonds is 5. The van der Waals surface area contributed by atoms with Crippen LogP contribution in [-0.2, 0) is 13.6 Å². The normalized spacial score (nSPS) is 11.6. The van der Waals surface area contributed by atoms with Gasteiger partial charge in [0, 0.05) is 25.0 Å². The predicted molar refractivity (Wildman–Crippen MR) is 108 cm³/mol. The average molecular weight is 422 g/mol. The molecule has 4 heterocycles. The third-order valence-corrected chi connectivity index (χ3v) is 4.90. The molecule has 156 valence electrons. The second kappa shape index (κ2) is 7.27. The zero-order valence-corrected chi connectivity index (χ0v) is 16.3. The molecule has 5 rings (SSSR count). The van der Waals surface area contributed by atoms with Gasteiger partial charge in [-0.15, -0.1) is 10.2 Å². The number of hydrogen-bond acceptors (Lipinski definition) is 7. The number of anilines is 1. The molecule has 0 saturated heterocycles. The summed E-state index contributed by atoms with van der Waals surface area (Å²) in [4.78, 5) is 8.70. The van der Waals surface area contributed by atoms with Crippen LogP contribution in [0.3, 0.4) is 0 Å². The van der Waals surface area contributed by atoms with Gasteiger partial charge in [0.2, 0.25) is 11.8 Å². The molecular weight excluding hydrogens is 406 g/mol. The molecule has 0 amide bonds. The van der Waals surface area contributed by atoms with E-state index in [1.807, 2.05) is 36.0 Å². The van der Waals surface area contributed by atoms with Gasteiger partial charge in [0.05, 0.1) is 35.0 Å². The Labute approximate surface area is 174 Å². The molecule has 0 radical (unpaired) electrons. The fourth-order valence-corrected chi connectivity index (χ4v) is 3.25. The van der Waals surface area contributed by atoms with Gasteiger partial charge in [-0.3, -0.25) is 9.67 Å². The van der Waals surface area contributed by atoms with Crippen LogP contribution < -0.4 is 5.73 Å². The van der Waals surface area contributed by atoms with E-state index in [4.69, 9.17) is 10.2 Å². The van der Waals surface area contributed by atoms with Crippen LogP contribution in [0.4, 0.5) is 14.7 Å². The maximum atomic E-state index is 12.6. The van der Waals surface area contributed by atoms with E-state index in [2.05, 4.69) is 25.3 Å². The first-order valence-electron chi connectivity index (χ1n) is 9.29. The Hall–Kier alpha value is -4.15. The number of alkyl halides is 2. The SMILES string of the molecule is Cn1c(N)nc2cc(-c3cnn(Cc4ccc(-c5nnc(C(F)F)o5)cn4)c3)ccc21. The zero-order chi connectivity index (χ0) is 21.5. The Morgan fingerprint density at radius 3 is 2.65 bits per heavy atom. The minimum Gasteiger partial charge on any atom is -0.415 e. The lowest BCUT2D eigenvalue weighted by molar-refractivity contribution is 0.116. The maximum absolute atomic E-state index is 12.6. The number of nitrogens with two attached hydrogens (primary N) is 1. The summed E-state index contributed by atoms with van der Waals surface area (Å²) < 4.78 is 33.7. The first-order chi connectivity index (χ1) is 15.0. The molecule has 0 atom stereocenters. The minimum absolute atomic E-state index is 0.00118. The van der Waals surface area contributed by atoms with Crippen molar-refractivity contribution >= 4 is 17.0 Å². The van der Waals surface area contributed by atoms with Gasteiger partial charge < -0.3 is 14.7 Å². The van der Waals surface area contributed by atoms with Crippen LogP contribution in [0.2, 0.25) is 0 Å².